The molecule has 0 unspecified atom stereocenters. The average Bonchev–Trinajstić information content (AvgIpc) is 3.33. The highest BCUT2D eigenvalue weighted by Gasteiger charge is 2.29. The largest absolute Gasteiger partial charge is 0.495 e. The molecule has 0 aliphatic heterocycles. The molecule has 3 rings (SSSR count). The topological polar surface area (TPSA) is 88.8 Å². The lowest BCUT2D eigenvalue weighted by atomic mass is 10.2. The highest BCUT2D eigenvalue weighted by atomic mass is 32.2. The first kappa shape index (κ1) is 24.7. The highest BCUT2D eigenvalue weighted by molar-refractivity contribution is 7.98. The molecule has 0 fully saturated rings. The van der Waals surface area contributed by atoms with E-state index in [0.29, 0.717) is 18.0 Å². The second-order valence-electron chi connectivity index (χ2n) is 7.33. The van der Waals surface area contributed by atoms with Gasteiger partial charge < -0.3 is 14.5 Å². The van der Waals surface area contributed by atoms with Gasteiger partial charge in [-0.15, -0.1) is 0 Å². The van der Waals surface area contributed by atoms with Crippen molar-refractivity contribution >= 4 is 33.4 Å². The zero-order chi connectivity index (χ0) is 23.7. The molecule has 1 heterocycles. The Morgan fingerprint density at radius 1 is 1.09 bits per heavy atom. The zero-order valence-corrected chi connectivity index (χ0v) is 20.3. The molecule has 0 saturated heterocycles. The van der Waals surface area contributed by atoms with Crippen molar-refractivity contribution in [2.45, 2.75) is 24.0 Å². The summed E-state index contributed by atoms with van der Waals surface area (Å²) in [6.45, 7) is 1.99. The molecule has 0 aliphatic carbocycles. The van der Waals surface area contributed by atoms with Crippen molar-refractivity contribution in [3.63, 3.8) is 0 Å². The van der Waals surface area contributed by atoms with Crippen LogP contribution < -0.4 is 14.4 Å². The zero-order valence-electron chi connectivity index (χ0n) is 18.7. The van der Waals surface area contributed by atoms with Crippen molar-refractivity contribution in [1.82, 2.24) is 5.32 Å². The van der Waals surface area contributed by atoms with Crippen LogP contribution in [-0.2, 0) is 20.6 Å². The van der Waals surface area contributed by atoms with Crippen LogP contribution in [0.1, 0.15) is 17.7 Å². The van der Waals surface area contributed by atoms with Crippen LogP contribution in [0, 0.1) is 6.92 Å². The fraction of sp³-hybridized carbons (Fsp3) is 0.292. The summed E-state index contributed by atoms with van der Waals surface area (Å²) in [6.07, 6.45) is 2.41. The Hall–Kier alpha value is -2.91. The molecule has 7 nitrogen and oxygen atoms in total. The van der Waals surface area contributed by atoms with Gasteiger partial charge in [0.1, 0.15) is 18.1 Å². The Kier molecular flexibility index (Phi) is 8.85. The molecule has 2 aromatic carbocycles. The third-order valence-corrected chi connectivity index (χ3v) is 7.70. The molecule has 0 bridgehead atoms. The second kappa shape index (κ2) is 11.8. The molecule has 1 N–H and O–H groups in total. The number of thioether (sulfide) groups is 1. The molecule has 0 aliphatic rings. The molecule has 3 aromatic rings. The molecule has 176 valence electrons. The predicted octanol–water partition coefficient (Wildman–Crippen LogP) is 4.23. The van der Waals surface area contributed by atoms with Gasteiger partial charge in [-0.25, -0.2) is 8.42 Å². The molecular weight excluding hydrogens is 460 g/mol. The number of nitrogens with zero attached hydrogens (tertiary/aromatic N) is 1. The van der Waals surface area contributed by atoms with E-state index in [1.54, 1.807) is 66.6 Å². The Balaban J connectivity index is 1.66. The van der Waals surface area contributed by atoms with Gasteiger partial charge in [0.2, 0.25) is 5.91 Å². The van der Waals surface area contributed by atoms with Gasteiger partial charge in [0, 0.05) is 6.54 Å². The SMILES string of the molecule is COc1ccccc1N(CC(=O)NCCCSCc1ccco1)S(=O)(=O)c1ccc(C)cc1. The number of ether oxygens (including phenoxy) is 1. The molecule has 0 radical (unpaired) electrons. The molecule has 1 aromatic heterocycles. The van der Waals surface area contributed by atoms with Crippen LogP contribution in [0.5, 0.6) is 5.75 Å². The predicted molar refractivity (Wildman–Crippen MR) is 131 cm³/mol. The number of carbonyl (C=O) groups is 1. The molecule has 0 atom stereocenters. The summed E-state index contributed by atoms with van der Waals surface area (Å²) in [6, 6.07) is 17.1. The van der Waals surface area contributed by atoms with Gasteiger partial charge >= 0.3 is 0 Å². The van der Waals surface area contributed by atoms with E-state index < -0.39 is 10.0 Å². The highest BCUT2D eigenvalue weighted by Crippen LogP contribution is 2.32. The number of hydrogen-bond acceptors (Lipinski definition) is 6. The number of furan rings is 1. The van der Waals surface area contributed by atoms with Crippen molar-refractivity contribution in [2.75, 3.05) is 30.3 Å². The Morgan fingerprint density at radius 3 is 2.55 bits per heavy atom. The van der Waals surface area contributed by atoms with E-state index in [0.717, 1.165) is 33.6 Å². The Bertz CT molecular complexity index is 1130. The maximum absolute atomic E-state index is 13.5. The summed E-state index contributed by atoms with van der Waals surface area (Å²) >= 11 is 1.71. The standard InChI is InChI=1S/C24H28N2O5S2/c1-19-10-12-21(13-11-19)33(28,29)26(22-8-3-4-9-23(22)30-2)17-24(27)25-14-6-16-32-18-20-7-5-15-31-20/h3-5,7-13,15H,6,14,16-18H2,1-2H3,(H,25,27). The van der Waals surface area contributed by atoms with Crippen LogP contribution in [-0.4, -0.2) is 40.3 Å². The van der Waals surface area contributed by atoms with Crippen molar-refractivity contribution < 1.29 is 22.4 Å². The van der Waals surface area contributed by atoms with Gasteiger partial charge in [0.15, 0.2) is 0 Å². The number of methoxy groups -OCH3 is 1. The number of rotatable bonds is 12. The first-order valence-corrected chi connectivity index (χ1v) is 13.1. The van der Waals surface area contributed by atoms with Crippen LogP contribution in [0.4, 0.5) is 5.69 Å². The number of sulfonamides is 1. The van der Waals surface area contributed by atoms with E-state index in [9.17, 15) is 13.2 Å². The molecule has 0 spiro atoms. The average molecular weight is 489 g/mol. The quantitative estimate of drug-likeness (QED) is 0.384. The van der Waals surface area contributed by atoms with Gasteiger partial charge in [0.25, 0.3) is 10.0 Å². The van der Waals surface area contributed by atoms with E-state index in [1.807, 2.05) is 19.1 Å². The second-order valence-corrected chi connectivity index (χ2v) is 10.3. The number of benzene rings is 2. The van der Waals surface area contributed by atoms with Crippen molar-refractivity contribution in [2.24, 2.45) is 0 Å². The smallest absolute Gasteiger partial charge is 0.264 e. The number of nitrogens with one attached hydrogen (secondary N) is 1. The molecule has 0 saturated carbocycles. The summed E-state index contributed by atoms with van der Waals surface area (Å²) in [5.74, 6) is 2.52. The molecule has 9 heteroatoms. The van der Waals surface area contributed by atoms with Crippen LogP contribution >= 0.6 is 11.8 Å². The number of carbonyl (C=O) groups excluding carboxylic acids is 1. The molecular formula is C24H28N2O5S2. The summed E-state index contributed by atoms with van der Waals surface area (Å²) in [5, 5.41) is 2.82. The minimum atomic E-state index is -3.98. The number of amides is 1. The van der Waals surface area contributed by atoms with Gasteiger partial charge in [-0.05, 0) is 55.5 Å². The van der Waals surface area contributed by atoms with Crippen molar-refractivity contribution in [3.8, 4) is 5.75 Å². The maximum Gasteiger partial charge on any atom is 0.264 e. The lowest BCUT2D eigenvalue weighted by molar-refractivity contribution is -0.119. The van der Waals surface area contributed by atoms with Gasteiger partial charge in [0.05, 0.1) is 29.7 Å². The maximum atomic E-state index is 13.5. The molecule has 1 amide bonds. The number of aryl methyl sites for hydroxylation is 1. The van der Waals surface area contributed by atoms with Gasteiger partial charge in [-0.3, -0.25) is 9.10 Å². The Labute approximate surface area is 199 Å². The van der Waals surface area contributed by atoms with Crippen molar-refractivity contribution in [3.05, 3.63) is 78.3 Å². The first-order chi connectivity index (χ1) is 15.9. The first-order valence-electron chi connectivity index (χ1n) is 10.5. The minimum Gasteiger partial charge on any atom is -0.495 e. The molecule has 33 heavy (non-hydrogen) atoms. The van der Waals surface area contributed by atoms with Gasteiger partial charge in [-0.2, -0.15) is 11.8 Å². The monoisotopic (exact) mass is 488 g/mol. The van der Waals surface area contributed by atoms with Crippen molar-refractivity contribution in [1.29, 1.82) is 0 Å². The lowest BCUT2D eigenvalue weighted by Crippen LogP contribution is -2.41. The van der Waals surface area contributed by atoms with Crippen LogP contribution in [0.2, 0.25) is 0 Å². The third kappa shape index (κ3) is 6.79. The third-order valence-electron chi connectivity index (χ3n) is 4.86. The lowest BCUT2D eigenvalue weighted by Gasteiger charge is -2.25. The van der Waals surface area contributed by atoms with Gasteiger partial charge in [-0.1, -0.05) is 29.8 Å². The van der Waals surface area contributed by atoms with Crippen LogP contribution in [0.25, 0.3) is 0 Å². The number of hydrogen-bond donors (Lipinski definition) is 1. The minimum absolute atomic E-state index is 0.112. The van der Waals surface area contributed by atoms with E-state index in [2.05, 4.69) is 5.32 Å². The Morgan fingerprint density at radius 2 is 1.85 bits per heavy atom. The van der Waals surface area contributed by atoms with E-state index in [-0.39, 0.29) is 17.3 Å². The van der Waals surface area contributed by atoms with E-state index >= 15 is 0 Å². The van der Waals surface area contributed by atoms with E-state index in [1.165, 1.54) is 7.11 Å². The fourth-order valence-corrected chi connectivity index (χ4v) is 5.42. The fourth-order valence-electron chi connectivity index (χ4n) is 3.13. The summed E-state index contributed by atoms with van der Waals surface area (Å²) in [7, 11) is -2.52. The normalized spacial score (nSPS) is 11.2. The summed E-state index contributed by atoms with van der Waals surface area (Å²) in [5.41, 5.74) is 1.25. The number of anilines is 1. The van der Waals surface area contributed by atoms with Crippen LogP contribution in [0.15, 0.2) is 76.2 Å². The van der Waals surface area contributed by atoms with E-state index in [4.69, 9.17) is 9.15 Å². The van der Waals surface area contributed by atoms with Crippen LogP contribution in [0.3, 0.4) is 0 Å². The number of para-hydroxylation sites is 2. The summed E-state index contributed by atoms with van der Waals surface area (Å²) < 4.78 is 38.7. The summed E-state index contributed by atoms with van der Waals surface area (Å²) in [4.78, 5) is 12.8.